The van der Waals surface area contributed by atoms with Crippen LogP contribution in [0.3, 0.4) is 0 Å². The van der Waals surface area contributed by atoms with Gasteiger partial charge < -0.3 is 14.2 Å². The van der Waals surface area contributed by atoms with Gasteiger partial charge in [-0.1, -0.05) is 12.1 Å². The van der Waals surface area contributed by atoms with Crippen molar-refractivity contribution in [2.75, 3.05) is 26.1 Å². The molecule has 0 saturated heterocycles. The van der Waals surface area contributed by atoms with Crippen molar-refractivity contribution in [3.63, 3.8) is 0 Å². The lowest BCUT2D eigenvalue weighted by molar-refractivity contribution is -0.142. The van der Waals surface area contributed by atoms with Crippen LogP contribution in [0.5, 0.6) is 11.5 Å². The summed E-state index contributed by atoms with van der Waals surface area (Å²) in [5.41, 5.74) is 0.822. The minimum atomic E-state index is -4.44. The Bertz CT molecular complexity index is 1190. The molecule has 178 valence electrons. The Labute approximate surface area is 196 Å². The van der Waals surface area contributed by atoms with Gasteiger partial charge in [0.1, 0.15) is 11.5 Å². The van der Waals surface area contributed by atoms with E-state index in [1.165, 1.54) is 43.8 Å². The van der Waals surface area contributed by atoms with Crippen LogP contribution in [0.25, 0.3) is 17.3 Å². The summed E-state index contributed by atoms with van der Waals surface area (Å²) in [5.74, 6) is -0.228. The van der Waals surface area contributed by atoms with E-state index in [1.54, 1.807) is 23.6 Å². The van der Waals surface area contributed by atoms with Crippen LogP contribution in [0.15, 0.2) is 53.9 Å². The molecule has 1 heterocycles. The van der Waals surface area contributed by atoms with Gasteiger partial charge in [-0.05, 0) is 42.0 Å². The minimum absolute atomic E-state index is 0.293. The predicted octanol–water partition coefficient (Wildman–Crippen LogP) is 5.04. The number of methoxy groups -OCH3 is 2. The van der Waals surface area contributed by atoms with Crippen molar-refractivity contribution in [1.82, 2.24) is 4.98 Å². The molecule has 1 amide bonds. The highest BCUT2D eigenvalue weighted by molar-refractivity contribution is 7.14. The van der Waals surface area contributed by atoms with Gasteiger partial charge in [0.25, 0.3) is 5.91 Å². The van der Waals surface area contributed by atoms with E-state index in [0.717, 1.165) is 18.2 Å². The molecule has 7 nitrogen and oxygen atoms in total. The molecule has 1 N–H and O–H groups in total. The molecule has 3 aromatic rings. The van der Waals surface area contributed by atoms with Crippen LogP contribution < -0.4 is 14.8 Å². The van der Waals surface area contributed by atoms with Gasteiger partial charge >= 0.3 is 12.1 Å². The number of ether oxygens (including phenoxy) is 3. The summed E-state index contributed by atoms with van der Waals surface area (Å²) >= 11 is 1.18. The molecule has 3 rings (SSSR count). The maximum atomic E-state index is 12.6. The molecule has 0 spiro atoms. The largest absolute Gasteiger partial charge is 0.497 e. The highest BCUT2D eigenvalue weighted by atomic mass is 32.1. The first kappa shape index (κ1) is 24.8. The number of halogens is 3. The monoisotopic (exact) mass is 492 g/mol. The molecular weight excluding hydrogens is 473 g/mol. The van der Waals surface area contributed by atoms with Gasteiger partial charge in [-0.15, -0.1) is 11.3 Å². The molecule has 34 heavy (non-hydrogen) atoms. The lowest BCUT2D eigenvalue weighted by Gasteiger charge is -2.08. The van der Waals surface area contributed by atoms with E-state index >= 15 is 0 Å². The standard InChI is InChI=1S/C23H19F3N2O5S/c1-31-16-8-9-19(32-2)17(11-16)18-13-34-22(27-18)28-20(29)12-33-21(30)10-5-14-3-6-15(7-4-14)23(24,25)26/h3-11,13H,12H2,1-2H3,(H,27,28,29)/b10-5+. The molecule has 11 heteroatoms. The quantitative estimate of drug-likeness (QED) is 0.350. The average Bonchev–Trinajstić information content (AvgIpc) is 3.28. The van der Waals surface area contributed by atoms with Crippen LogP contribution in [0, 0.1) is 0 Å². The van der Waals surface area contributed by atoms with Crippen molar-refractivity contribution in [3.05, 3.63) is 65.0 Å². The second kappa shape index (κ2) is 10.8. The molecule has 0 bridgehead atoms. The van der Waals surface area contributed by atoms with Gasteiger partial charge in [-0.25, -0.2) is 9.78 Å². The maximum Gasteiger partial charge on any atom is 0.416 e. The van der Waals surface area contributed by atoms with Gasteiger partial charge in [0.15, 0.2) is 11.7 Å². The summed E-state index contributed by atoms with van der Waals surface area (Å²) in [7, 11) is 3.07. The van der Waals surface area contributed by atoms with Crippen LogP contribution in [0.1, 0.15) is 11.1 Å². The Balaban J connectivity index is 1.53. The minimum Gasteiger partial charge on any atom is -0.497 e. The third kappa shape index (κ3) is 6.58. The van der Waals surface area contributed by atoms with E-state index < -0.39 is 30.2 Å². The highest BCUT2D eigenvalue weighted by Crippen LogP contribution is 2.35. The number of nitrogens with zero attached hydrogens (tertiary/aromatic N) is 1. The zero-order valence-electron chi connectivity index (χ0n) is 18.0. The van der Waals surface area contributed by atoms with Crippen LogP contribution >= 0.6 is 11.3 Å². The second-order valence-electron chi connectivity index (χ2n) is 6.71. The number of amides is 1. The van der Waals surface area contributed by atoms with Gasteiger partial charge in [0, 0.05) is 17.0 Å². The number of alkyl halides is 3. The van der Waals surface area contributed by atoms with E-state index in [0.29, 0.717) is 33.5 Å². The molecule has 0 unspecified atom stereocenters. The zero-order valence-corrected chi connectivity index (χ0v) is 18.8. The average molecular weight is 492 g/mol. The van der Waals surface area contributed by atoms with E-state index in [-0.39, 0.29) is 0 Å². The number of thiazole rings is 1. The second-order valence-corrected chi connectivity index (χ2v) is 7.57. The molecule has 0 saturated carbocycles. The molecule has 0 fully saturated rings. The number of nitrogens with one attached hydrogen (secondary N) is 1. The summed E-state index contributed by atoms with van der Waals surface area (Å²) in [6, 6.07) is 9.49. The highest BCUT2D eigenvalue weighted by Gasteiger charge is 2.29. The van der Waals surface area contributed by atoms with Crippen molar-refractivity contribution in [1.29, 1.82) is 0 Å². The van der Waals surface area contributed by atoms with E-state index in [1.807, 2.05) is 0 Å². The first-order chi connectivity index (χ1) is 16.2. The molecule has 0 radical (unpaired) electrons. The molecule has 0 aliphatic rings. The normalized spacial score (nSPS) is 11.3. The lowest BCUT2D eigenvalue weighted by atomic mass is 10.1. The number of hydrogen-bond acceptors (Lipinski definition) is 7. The summed E-state index contributed by atoms with van der Waals surface area (Å²) in [6.07, 6.45) is -2.13. The Morgan fingerprint density at radius 3 is 2.47 bits per heavy atom. The van der Waals surface area contributed by atoms with Gasteiger partial charge in [-0.2, -0.15) is 13.2 Å². The molecule has 1 aromatic heterocycles. The lowest BCUT2D eigenvalue weighted by Crippen LogP contribution is -2.20. The Hall–Kier alpha value is -3.86. The van der Waals surface area contributed by atoms with Crippen molar-refractivity contribution in [3.8, 4) is 22.8 Å². The van der Waals surface area contributed by atoms with E-state index in [4.69, 9.17) is 14.2 Å². The number of hydrogen-bond donors (Lipinski definition) is 1. The molecule has 2 aromatic carbocycles. The Morgan fingerprint density at radius 2 is 1.82 bits per heavy atom. The number of carbonyl (C=O) groups is 2. The SMILES string of the molecule is COc1ccc(OC)c(-c2csc(NC(=O)COC(=O)/C=C/c3ccc(C(F)(F)F)cc3)n2)c1. The number of anilines is 1. The first-order valence-corrected chi connectivity index (χ1v) is 10.6. The number of rotatable bonds is 8. The van der Waals surface area contributed by atoms with E-state index in [2.05, 4.69) is 10.3 Å². The van der Waals surface area contributed by atoms with Gasteiger partial charge in [0.2, 0.25) is 0 Å². The number of aromatic nitrogens is 1. The third-order valence-electron chi connectivity index (χ3n) is 4.43. The van der Waals surface area contributed by atoms with Crippen LogP contribution in [0.2, 0.25) is 0 Å². The topological polar surface area (TPSA) is 86.8 Å². The summed E-state index contributed by atoms with van der Waals surface area (Å²) in [6.45, 7) is -0.562. The molecule has 0 atom stereocenters. The third-order valence-corrected chi connectivity index (χ3v) is 5.19. The van der Waals surface area contributed by atoms with Crippen molar-refractivity contribution >= 4 is 34.4 Å². The Morgan fingerprint density at radius 1 is 1.09 bits per heavy atom. The number of carbonyl (C=O) groups excluding carboxylic acids is 2. The van der Waals surface area contributed by atoms with Gasteiger partial charge in [-0.3, -0.25) is 10.1 Å². The van der Waals surface area contributed by atoms with Crippen molar-refractivity contribution < 1.29 is 37.0 Å². The molecule has 0 aliphatic carbocycles. The predicted molar refractivity (Wildman–Crippen MR) is 121 cm³/mol. The summed E-state index contributed by atoms with van der Waals surface area (Å²) in [5, 5.41) is 4.56. The fourth-order valence-corrected chi connectivity index (χ4v) is 3.48. The van der Waals surface area contributed by atoms with Crippen LogP contribution in [-0.2, 0) is 20.5 Å². The fraction of sp³-hybridized carbons (Fsp3) is 0.174. The number of benzene rings is 2. The zero-order chi connectivity index (χ0) is 24.7. The fourth-order valence-electron chi connectivity index (χ4n) is 2.76. The Kier molecular flexibility index (Phi) is 7.90. The smallest absolute Gasteiger partial charge is 0.416 e. The van der Waals surface area contributed by atoms with Crippen molar-refractivity contribution in [2.24, 2.45) is 0 Å². The first-order valence-electron chi connectivity index (χ1n) is 9.69. The van der Waals surface area contributed by atoms with Crippen LogP contribution in [-0.4, -0.2) is 37.7 Å². The van der Waals surface area contributed by atoms with Gasteiger partial charge in [0.05, 0.1) is 25.5 Å². The number of esters is 1. The summed E-state index contributed by atoms with van der Waals surface area (Å²) < 4.78 is 53.1. The summed E-state index contributed by atoms with van der Waals surface area (Å²) in [4.78, 5) is 28.3. The maximum absolute atomic E-state index is 12.6. The molecule has 0 aliphatic heterocycles. The van der Waals surface area contributed by atoms with Crippen LogP contribution in [0.4, 0.5) is 18.3 Å². The van der Waals surface area contributed by atoms with Crippen molar-refractivity contribution in [2.45, 2.75) is 6.18 Å². The van der Waals surface area contributed by atoms with E-state index in [9.17, 15) is 22.8 Å². The molecular formula is C23H19F3N2O5S.